The predicted molar refractivity (Wildman–Crippen MR) is 129 cm³/mol. The van der Waals surface area contributed by atoms with Crippen LogP contribution in [0.15, 0.2) is 36.4 Å². The number of fused-ring (bicyclic) bond motifs is 1. The maximum Gasteiger partial charge on any atom is 0.227 e. The summed E-state index contributed by atoms with van der Waals surface area (Å²) in [7, 11) is 0. The van der Waals surface area contributed by atoms with E-state index >= 15 is 0 Å². The van der Waals surface area contributed by atoms with Gasteiger partial charge in [0.15, 0.2) is 11.5 Å². The van der Waals surface area contributed by atoms with Gasteiger partial charge in [-0.1, -0.05) is 37.6 Å². The van der Waals surface area contributed by atoms with Crippen LogP contribution in [0.1, 0.15) is 37.8 Å². The smallest absolute Gasteiger partial charge is 0.227 e. The maximum atomic E-state index is 13.5. The Hall–Kier alpha value is -2.44. The normalized spacial score (nSPS) is 18.4. The first-order valence-electron chi connectivity index (χ1n) is 11.8. The fourth-order valence-electron chi connectivity index (χ4n) is 4.62. The summed E-state index contributed by atoms with van der Waals surface area (Å²) in [5.74, 6) is 2.04. The van der Waals surface area contributed by atoms with Crippen molar-refractivity contribution in [1.82, 2.24) is 9.80 Å². The van der Waals surface area contributed by atoms with Crippen LogP contribution < -0.4 is 9.47 Å². The molecule has 0 radical (unpaired) electrons. The number of carbonyl (C=O) groups is 1. The highest BCUT2D eigenvalue weighted by molar-refractivity contribution is 6.32. The molecule has 1 saturated heterocycles. The number of amides is 1. The van der Waals surface area contributed by atoms with Crippen LogP contribution in [-0.2, 0) is 17.9 Å². The first kappa shape index (κ1) is 23.7. The second-order valence-corrected chi connectivity index (χ2v) is 9.87. The molecule has 1 amide bonds. The van der Waals surface area contributed by atoms with Gasteiger partial charge in [0.2, 0.25) is 5.91 Å². The van der Waals surface area contributed by atoms with Crippen molar-refractivity contribution in [2.24, 2.45) is 11.8 Å². The molecular weight excluding hydrogens is 440 g/mol. The molecule has 0 bridgehead atoms. The van der Waals surface area contributed by atoms with Gasteiger partial charge in [0.05, 0.1) is 24.2 Å². The van der Waals surface area contributed by atoms with E-state index in [1.54, 1.807) is 12.1 Å². The quantitative estimate of drug-likeness (QED) is 0.632. The molecule has 1 atom stereocenters. The zero-order valence-corrected chi connectivity index (χ0v) is 20.2. The van der Waals surface area contributed by atoms with E-state index in [0.717, 1.165) is 43.6 Å². The molecule has 178 valence electrons. The number of hydrogen-bond donors (Lipinski definition) is 1. The molecule has 2 aliphatic rings. The summed E-state index contributed by atoms with van der Waals surface area (Å²) < 4.78 is 11.6. The van der Waals surface area contributed by atoms with Crippen LogP contribution >= 0.6 is 11.6 Å². The number of halogens is 1. The zero-order valence-electron chi connectivity index (χ0n) is 19.4. The van der Waals surface area contributed by atoms with Crippen LogP contribution in [0, 0.1) is 11.8 Å². The molecule has 0 aliphatic carbocycles. The minimum absolute atomic E-state index is 0.0306. The van der Waals surface area contributed by atoms with E-state index in [2.05, 4.69) is 18.7 Å². The fourth-order valence-corrected chi connectivity index (χ4v) is 4.91. The van der Waals surface area contributed by atoms with Crippen LogP contribution in [0.2, 0.25) is 5.02 Å². The predicted octanol–water partition coefficient (Wildman–Crippen LogP) is 4.71. The fraction of sp³-hybridized carbons (Fsp3) is 0.500. The maximum absolute atomic E-state index is 13.5. The molecule has 2 aromatic rings. The van der Waals surface area contributed by atoms with Crippen molar-refractivity contribution in [2.45, 2.75) is 39.8 Å². The van der Waals surface area contributed by atoms with Gasteiger partial charge in [0.1, 0.15) is 5.75 Å². The summed E-state index contributed by atoms with van der Waals surface area (Å²) in [5, 5.41) is 10.3. The van der Waals surface area contributed by atoms with Crippen molar-refractivity contribution in [2.75, 3.05) is 32.8 Å². The lowest BCUT2D eigenvalue weighted by molar-refractivity contribution is -0.136. The van der Waals surface area contributed by atoms with E-state index in [9.17, 15) is 9.90 Å². The Morgan fingerprint density at radius 3 is 2.82 bits per heavy atom. The van der Waals surface area contributed by atoms with Crippen molar-refractivity contribution in [3.05, 3.63) is 52.5 Å². The molecule has 1 fully saturated rings. The summed E-state index contributed by atoms with van der Waals surface area (Å²) in [6.07, 6.45) is 1.66. The number of benzene rings is 2. The lowest BCUT2D eigenvalue weighted by Crippen LogP contribution is -2.39. The van der Waals surface area contributed by atoms with E-state index in [1.165, 1.54) is 0 Å². The number of carbonyl (C=O) groups excluding carboxylic acids is 1. The van der Waals surface area contributed by atoms with Crippen LogP contribution in [0.3, 0.4) is 0 Å². The Balaban J connectivity index is 1.44. The Kier molecular flexibility index (Phi) is 7.66. The molecule has 0 unspecified atom stereocenters. The Morgan fingerprint density at radius 2 is 2.03 bits per heavy atom. The summed E-state index contributed by atoms with van der Waals surface area (Å²) in [6.45, 7) is 8.96. The first-order valence-corrected chi connectivity index (χ1v) is 12.1. The minimum atomic E-state index is -0.0306. The summed E-state index contributed by atoms with van der Waals surface area (Å²) >= 11 is 6.49. The van der Waals surface area contributed by atoms with Gasteiger partial charge in [-0.05, 0) is 54.3 Å². The summed E-state index contributed by atoms with van der Waals surface area (Å²) in [4.78, 5) is 17.8. The minimum Gasteiger partial charge on any atom is -0.508 e. The van der Waals surface area contributed by atoms with E-state index < -0.39 is 0 Å². The SMILES string of the molecule is CC(C)CN(Cc1cc(Cl)c2c(c1)OCCCO2)C(=O)[C@@H]1CCN(Cc2cccc(O)c2)C1. The molecule has 0 spiro atoms. The molecular formula is C26H33ClN2O4. The van der Waals surface area contributed by atoms with Crippen molar-refractivity contribution in [3.8, 4) is 17.2 Å². The molecule has 6 nitrogen and oxygen atoms in total. The highest BCUT2D eigenvalue weighted by atomic mass is 35.5. The molecule has 0 saturated carbocycles. The number of phenolic OH excluding ortho intramolecular Hbond substituents is 1. The molecule has 2 aromatic carbocycles. The van der Waals surface area contributed by atoms with E-state index in [0.29, 0.717) is 48.7 Å². The third kappa shape index (κ3) is 6.12. The van der Waals surface area contributed by atoms with Crippen LogP contribution in [0.4, 0.5) is 0 Å². The lowest BCUT2D eigenvalue weighted by Gasteiger charge is -2.28. The topological polar surface area (TPSA) is 62.2 Å². The Labute approximate surface area is 201 Å². The molecule has 1 N–H and O–H groups in total. The number of nitrogens with zero attached hydrogens (tertiary/aromatic N) is 2. The number of ether oxygens (including phenoxy) is 2. The van der Waals surface area contributed by atoms with Gasteiger partial charge in [-0.3, -0.25) is 9.69 Å². The number of likely N-dealkylation sites (tertiary alicyclic amines) is 1. The zero-order chi connectivity index (χ0) is 23.4. The second-order valence-electron chi connectivity index (χ2n) is 9.46. The van der Waals surface area contributed by atoms with E-state index in [4.69, 9.17) is 21.1 Å². The molecule has 2 aliphatic heterocycles. The Morgan fingerprint density at radius 1 is 1.21 bits per heavy atom. The Bertz CT molecular complexity index is 981. The highest BCUT2D eigenvalue weighted by Gasteiger charge is 2.32. The number of phenols is 1. The van der Waals surface area contributed by atoms with Crippen molar-refractivity contribution in [3.63, 3.8) is 0 Å². The largest absolute Gasteiger partial charge is 0.508 e. The van der Waals surface area contributed by atoms with Crippen molar-refractivity contribution >= 4 is 17.5 Å². The molecule has 2 heterocycles. The van der Waals surface area contributed by atoms with Gasteiger partial charge in [-0.15, -0.1) is 0 Å². The highest BCUT2D eigenvalue weighted by Crippen LogP contribution is 2.38. The lowest BCUT2D eigenvalue weighted by atomic mass is 10.0. The monoisotopic (exact) mass is 472 g/mol. The average Bonchev–Trinajstić information content (AvgIpc) is 3.08. The van der Waals surface area contributed by atoms with E-state index in [1.807, 2.05) is 29.2 Å². The standard InChI is InChI=1S/C26H33ClN2O4/c1-18(2)14-29(16-20-12-23(27)25-24(13-20)32-9-4-10-33-25)26(31)21-7-8-28(17-21)15-19-5-3-6-22(30)11-19/h3,5-6,11-13,18,21,30H,4,7-10,14-17H2,1-2H3/t21-/m1/s1. The second kappa shape index (κ2) is 10.7. The summed E-state index contributed by atoms with van der Waals surface area (Å²) in [5.41, 5.74) is 2.01. The summed E-state index contributed by atoms with van der Waals surface area (Å²) in [6, 6.07) is 11.2. The van der Waals surface area contributed by atoms with Gasteiger partial charge < -0.3 is 19.5 Å². The molecule has 4 rings (SSSR count). The number of aromatic hydroxyl groups is 1. The van der Waals surface area contributed by atoms with E-state index in [-0.39, 0.29) is 17.6 Å². The van der Waals surface area contributed by atoms with Crippen LogP contribution in [0.5, 0.6) is 17.2 Å². The van der Waals surface area contributed by atoms with Gasteiger partial charge in [0, 0.05) is 32.6 Å². The number of hydrogen-bond acceptors (Lipinski definition) is 5. The third-order valence-electron chi connectivity index (χ3n) is 6.07. The van der Waals surface area contributed by atoms with Gasteiger partial charge in [-0.25, -0.2) is 0 Å². The van der Waals surface area contributed by atoms with Crippen molar-refractivity contribution in [1.29, 1.82) is 0 Å². The number of rotatable bonds is 7. The van der Waals surface area contributed by atoms with Crippen LogP contribution in [0.25, 0.3) is 0 Å². The van der Waals surface area contributed by atoms with Gasteiger partial charge >= 0.3 is 0 Å². The van der Waals surface area contributed by atoms with Gasteiger partial charge in [-0.2, -0.15) is 0 Å². The molecule has 7 heteroatoms. The van der Waals surface area contributed by atoms with Gasteiger partial charge in [0.25, 0.3) is 0 Å². The molecule has 33 heavy (non-hydrogen) atoms. The third-order valence-corrected chi connectivity index (χ3v) is 6.35. The molecule has 0 aromatic heterocycles. The van der Waals surface area contributed by atoms with Crippen LogP contribution in [-0.4, -0.2) is 53.7 Å². The van der Waals surface area contributed by atoms with Crippen molar-refractivity contribution < 1.29 is 19.4 Å². The average molecular weight is 473 g/mol. The first-order chi connectivity index (χ1) is 15.9.